The summed E-state index contributed by atoms with van der Waals surface area (Å²) in [6, 6.07) is 7.61. The Hall–Kier alpha value is -1.89. The number of urea groups is 1. The van der Waals surface area contributed by atoms with Gasteiger partial charge in [0.15, 0.2) is 0 Å². The minimum atomic E-state index is -0.0659. The molecule has 0 aromatic heterocycles. The number of anilines is 1. The van der Waals surface area contributed by atoms with Gasteiger partial charge in [-0.15, -0.1) is 0 Å². The summed E-state index contributed by atoms with van der Waals surface area (Å²) in [6.45, 7) is 10.0. The summed E-state index contributed by atoms with van der Waals surface area (Å²) in [7, 11) is 0. The van der Waals surface area contributed by atoms with Crippen molar-refractivity contribution in [3.05, 3.63) is 36.4 Å². The lowest BCUT2D eigenvalue weighted by Crippen LogP contribution is -2.46. The van der Waals surface area contributed by atoms with Gasteiger partial charge in [-0.3, -0.25) is 4.90 Å². The second-order valence-corrected chi connectivity index (χ2v) is 6.46. The van der Waals surface area contributed by atoms with Crippen molar-refractivity contribution in [2.45, 2.75) is 12.5 Å². The molecule has 6 heteroatoms. The van der Waals surface area contributed by atoms with E-state index in [1.54, 1.807) is 6.08 Å². The Morgan fingerprint density at radius 2 is 1.96 bits per heavy atom. The second kappa shape index (κ2) is 8.99. The molecule has 0 radical (unpaired) electrons. The first-order valence-electron chi connectivity index (χ1n) is 8.95. The molecule has 2 saturated heterocycles. The first-order valence-corrected chi connectivity index (χ1v) is 8.95. The van der Waals surface area contributed by atoms with Crippen LogP contribution >= 0.6 is 0 Å². The smallest absolute Gasteiger partial charge is 0.321 e. The molecule has 25 heavy (non-hydrogen) atoms. The van der Waals surface area contributed by atoms with Gasteiger partial charge < -0.3 is 19.7 Å². The van der Waals surface area contributed by atoms with Crippen molar-refractivity contribution >= 4 is 17.8 Å². The van der Waals surface area contributed by atoms with E-state index < -0.39 is 0 Å². The number of hydrogen-bond donors (Lipinski definition) is 1. The Kier molecular flexibility index (Phi) is 6.44. The van der Waals surface area contributed by atoms with Crippen LogP contribution in [0.25, 0.3) is 6.08 Å². The molecule has 2 amide bonds. The van der Waals surface area contributed by atoms with Crippen LogP contribution in [-0.2, 0) is 9.47 Å². The van der Waals surface area contributed by atoms with Gasteiger partial charge in [-0.25, -0.2) is 4.79 Å². The number of carbonyl (C=O) groups excluding carboxylic acids is 1. The van der Waals surface area contributed by atoms with Crippen LogP contribution in [0, 0.1) is 0 Å². The van der Waals surface area contributed by atoms with Gasteiger partial charge in [0.25, 0.3) is 0 Å². The number of amides is 2. The number of ether oxygens (including phenoxy) is 2. The third-order valence-electron chi connectivity index (χ3n) is 4.60. The maximum atomic E-state index is 12.6. The predicted molar refractivity (Wildman–Crippen MR) is 98.7 cm³/mol. The monoisotopic (exact) mass is 345 g/mol. The van der Waals surface area contributed by atoms with Crippen LogP contribution in [0.2, 0.25) is 0 Å². The van der Waals surface area contributed by atoms with E-state index in [1.165, 1.54) is 0 Å². The van der Waals surface area contributed by atoms with Crippen LogP contribution in [0.1, 0.15) is 12.0 Å². The molecule has 0 unspecified atom stereocenters. The molecule has 2 heterocycles. The molecule has 0 saturated carbocycles. The van der Waals surface area contributed by atoms with Gasteiger partial charge in [0.2, 0.25) is 0 Å². The van der Waals surface area contributed by atoms with Gasteiger partial charge in [-0.1, -0.05) is 24.8 Å². The zero-order valence-corrected chi connectivity index (χ0v) is 14.7. The molecule has 1 atom stereocenters. The van der Waals surface area contributed by atoms with Crippen molar-refractivity contribution in [1.29, 1.82) is 0 Å². The van der Waals surface area contributed by atoms with Gasteiger partial charge >= 0.3 is 6.03 Å². The Labute approximate surface area is 149 Å². The SMILES string of the molecule is C=Cc1ccc(NC(=O)N2CCCO[C@H](CN3CCOCC3)C2)cc1. The topological polar surface area (TPSA) is 54.0 Å². The Morgan fingerprint density at radius 3 is 2.68 bits per heavy atom. The van der Waals surface area contributed by atoms with Crippen LogP contribution < -0.4 is 5.32 Å². The van der Waals surface area contributed by atoms with Crippen molar-refractivity contribution < 1.29 is 14.3 Å². The highest BCUT2D eigenvalue weighted by molar-refractivity contribution is 5.89. The van der Waals surface area contributed by atoms with Crippen LogP contribution in [0.3, 0.4) is 0 Å². The lowest BCUT2D eigenvalue weighted by molar-refractivity contribution is -0.00983. The molecule has 1 aromatic rings. The summed E-state index contributed by atoms with van der Waals surface area (Å²) < 4.78 is 11.3. The minimum Gasteiger partial charge on any atom is -0.379 e. The zero-order valence-electron chi connectivity index (χ0n) is 14.7. The van der Waals surface area contributed by atoms with Gasteiger partial charge in [0, 0.05) is 45.0 Å². The molecule has 2 aliphatic heterocycles. The molecule has 0 aliphatic carbocycles. The van der Waals surface area contributed by atoms with E-state index in [1.807, 2.05) is 29.2 Å². The number of morpholine rings is 1. The van der Waals surface area contributed by atoms with E-state index in [4.69, 9.17) is 9.47 Å². The summed E-state index contributed by atoms with van der Waals surface area (Å²) in [6.07, 6.45) is 2.70. The fourth-order valence-electron chi connectivity index (χ4n) is 3.17. The molecular weight excluding hydrogens is 318 g/mol. The second-order valence-electron chi connectivity index (χ2n) is 6.46. The van der Waals surface area contributed by atoms with Gasteiger partial charge in [-0.05, 0) is 24.1 Å². The van der Waals surface area contributed by atoms with E-state index in [9.17, 15) is 4.79 Å². The molecular formula is C19H27N3O3. The van der Waals surface area contributed by atoms with Crippen LogP contribution in [0.4, 0.5) is 10.5 Å². The quantitative estimate of drug-likeness (QED) is 0.910. The lowest BCUT2D eigenvalue weighted by atomic mass is 10.2. The highest BCUT2D eigenvalue weighted by Crippen LogP contribution is 2.14. The van der Waals surface area contributed by atoms with Gasteiger partial charge in [0.05, 0.1) is 19.3 Å². The van der Waals surface area contributed by atoms with Crippen LogP contribution in [0.15, 0.2) is 30.8 Å². The average Bonchev–Trinajstić information content (AvgIpc) is 2.89. The minimum absolute atomic E-state index is 0.0505. The van der Waals surface area contributed by atoms with E-state index in [-0.39, 0.29) is 12.1 Å². The number of rotatable bonds is 4. The van der Waals surface area contributed by atoms with Crippen LogP contribution in [0.5, 0.6) is 0 Å². The molecule has 3 rings (SSSR count). The predicted octanol–water partition coefficient (Wildman–Crippen LogP) is 2.28. The summed E-state index contributed by atoms with van der Waals surface area (Å²) >= 11 is 0. The Morgan fingerprint density at radius 1 is 1.20 bits per heavy atom. The highest BCUT2D eigenvalue weighted by atomic mass is 16.5. The molecule has 6 nitrogen and oxygen atoms in total. The van der Waals surface area contributed by atoms with Crippen molar-refractivity contribution in [3.63, 3.8) is 0 Å². The van der Waals surface area contributed by atoms with E-state index >= 15 is 0 Å². The van der Waals surface area contributed by atoms with Gasteiger partial charge in [0.1, 0.15) is 0 Å². The van der Waals surface area contributed by atoms with E-state index in [0.717, 1.165) is 57.1 Å². The zero-order chi connectivity index (χ0) is 17.5. The number of benzene rings is 1. The first kappa shape index (κ1) is 17.9. The standard InChI is InChI=1S/C19H27N3O3/c1-2-16-4-6-17(7-5-16)20-19(23)22-8-3-11-25-18(15-22)14-21-9-12-24-13-10-21/h2,4-7,18H,1,3,8-15H2,(H,20,23)/t18-/m1/s1. The number of carbonyl (C=O) groups is 1. The molecule has 0 bridgehead atoms. The maximum Gasteiger partial charge on any atom is 0.321 e. The third-order valence-corrected chi connectivity index (χ3v) is 4.60. The highest BCUT2D eigenvalue weighted by Gasteiger charge is 2.25. The van der Waals surface area contributed by atoms with Crippen molar-refractivity contribution in [3.8, 4) is 0 Å². The van der Waals surface area contributed by atoms with E-state index in [2.05, 4.69) is 16.8 Å². The Balaban J connectivity index is 1.55. The summed E-state index contributed by atoms with van der Waals surface area (Å²) in [4.78, 5) is 16.8. The summed E-state index contributed by atoms with van der Waals surface area (Å²) in [5.74, 6) is 0. The molecule has 1 aromatic carbocycles. The molecule has 2 fully saturated rings. The molecule has 2 aliphatic rings. The van der Waals surface area contributed by atoms with Crippen molar-refractivity contribution in [2.24, 2.45) is 0 Å². The number of nitrogens with zero attached hydrogens (tertiary/aromatic N) is 2. The van der Waals surface area contributed by atoms with Crippen LogP contribution in [-0.4, -0.2) is 74.5 Å². The normalized spacial score (nSPS) is 22.2. The fourth-order valence-corrected chi connectivity index (χ4v) is 3.17. The molecule has 0 spiro atoms. The summed E-state index contributed by atoms with van der Waals surface area (Å²) in [5, 5.41) is 2.98. The average molecular weight is 345 g/mol. The van der Waals surface area contributed by atoms with Crippen molar-refractivity contribution in [2.75, 3.05) is 57.9 Å². The summed E-state index contributed by atoms with van der Waals surface area (Å²) in [5.41, 5.74) is 1.83. The van der Waals surface area contributed by atoms with E-state index in [0.29, 0.717) is 13.2 Å². The number of nitrogens with one attached hydrogen (secondary N) is 1. The molecule has 1 N–H and O–H groups in total. The van der Waals surface area contributed by atoms with Gasteiger partial charge in [-0.2, -0.15) is 0 Å². The molecule has 136 valence electrons. The first-order chi connectivity index (χ1) is 12.2. The largest absolute Gasteiger partial charge is 0.379 e. The lowest BCUT2D eigenvalue weighted by Gasteiger charge is -2.31. The fraction of sp³-hybridized carbons (Fsp3) is 0.526. The van der Waals surface area contributed by atoms with Crippen molar-refractivity contribution in [1.82, 2.24) is 9.80 Å². The maximum absolute atomic E-state index is 12.6. The number of hydrogen-bond acceptors (Lipinski definition) is 4. The third kappa shape index (κ3) is 5.29. The Bertz CT molecular complexity index is 570.